The highest BCUT2D eigenvalue weighted by Gasteiger charge is 2.44. The van der Waals surface area contributed by atoms with E-state index in [1.807, 2.05) is 0 Å². The number of carboxylic acid groups (broad SMARTS) is 1. The largest absolute Gasteiger partial charge is 0.480 e. The van der Waals surface area contributed by atoms with Gasteiger partial charge in [0.2, 0.25) is 11.8 Å². The molecule has 2 aliphatic rings. The van der Waals surface area contributed by atoms with Crippen LogP contribution in [-0.2, 0) is 14.4 Å². The fourth-order valence-corrected chi connectivity index (χ4v) is 3.35. The average molecular weight is 371 g/mol. The molecule has 1 saturated carbocycles. The first-order chi connectivity index (χ1) is 11.4. The van der Waals surface area contributed by atoms with Gasteiger partial charge in [-0.1, -0.05) is 23.2 Å². The van der Waals surface area contributed by atoms with Crippen molar-refractivity contribution in [1.82, 2.24) is 4.90 Å². The molecule has 1 aromatic rings. The zero-order chi connectivity index (χ0) is 17.4. The minimum atomic E-state index is -1.07. The average Bonchev–Trinajstić information content (AvgIpc) is 3.29. The van der Waals surface area contributed by atoms with Crippen LogP contribution in [0.5, 0.6) is 0 Å². The fraction of sp³-hybridized carbons (Fsp3) is 0.438. The fourth-order valence-electron chi connectivity index (χ4n) is 2.96. The number of benzene rings is 1. The number of rotatable bonds is 5. The lowest BCUT2D eigenvalue weighted by Crippen LogP contribution is -2.43. The Labute approximate surface area is 148 Å². The SMILES string of the molecule is O=C(O)CN(C(=O)C1CCN(c2cc(Cl)ccc2Cl)C1=O)C1CC1. The molecule has 2 fully saturated rings. The van der Waals surface area contributed by atoms with Crippen molar-refractivity contribution in [1.29, 1.82) is 0 Å². The van der Waals surface area contributed by atoms with E-state index < -0.39 is 17.8 Å². The number of hydrogen-bond donors (Lipinski definition) is 1. The first-order valence-corrected chi connectivity index (χ1v) is 8.43. The van der Waals surface area contributed by atoms with Gasteiger partial charge in [-0.25, -0.2) is 0 Å². The number of nitrogens with zero attached hydrogens (tertiary/aromatic N) is 2. The lowest BCUT2D eigenvalue weighted by Gasteiger charge is -2.23. The van der Waals surface area contributed by atoms with Gasteiger partial charge in [0.05, 0.1) is 10.7 Å². The van der Waals surface area contributed by atoms with Crippen molar-refractivity contribution in [3.8, 4) is 0 Å². The summed E-state index contributed by atoms with van der Waals surface area (Å²) in [5.74, 6) is -2.71. The van der Waals surface area contributed by atoms with E-state index in [2.05, 4.69) is 0 Å². The summed E-state index contributed by atoms with van der Waals surface area (Å²) in [4.78, 5) is 39.1. The van der Waals surface area contributed by atoms with Gasteiger partial charge in [-0.2, -0.15) is 0 Å². The monoisotopic (exact) mass is 370 g/mol. The maximum absolute atomic E-state index is 12.7. The summed E-state index contributed by atoms with van der Waals surface area (Å²) in [5, 5.41) is 9.82. The Kier molecular flexibility index (Phi) is 4.69. The number of halogens is 2. The topological polar surface area (TPSA) is 77.9 Å². The van der Waals surface area contributed by atoms with Gasteiger partial charge in [0.25, 0.3) is 0 Å². The third-order valence-electron chi connectivity index (χ3n) is 4.28. The van der Waals surface area contributed by atoms with Gasteiger partial charge >= 0.3 is 5.97 Å². The molecule has 1 atom stereocenters. The Balaban J connectivity index is 1.79. The van der Waals surface area contributed by atoms with Crippen molar-refractivity contribution in [2.24, 2.45) is 5.92 Å². The molecule has 6 nitrogen and oxygen atoms in total. The number of carbonyl (C=O) groups excluding carboxylic acids is 2. The van der Waals surface area contributed by atoms with E-state index in [1.165, 1.54) is 9.80 Å². The van der Waals surface area contributed by atoms with E-state index in [9.17, 15) is 14.4 Å². The third-order valence-corrected chi connectivity index (χ3v) is 4.83. The third kappa shape index (κ3) is 3.35. The number of carbonyl (C=O) groups is 3. The highest BCUT2D eigenvalue weighted by atomic mass is 35.5. The number of amides is 2. The maximum Gasteiger partial charge on any atom is 0.323 e. The van der Waals surface area contributed by atoms with Crippen LogP contribution in [0.15, 0.2) is 18.2 Å². The highest BCUT2D eigenvalue weighted by Crippen LogP contribution is 2.35. The van der Waals surface area contributed by atoms with Crippen molar-refractivity contribution >= 4 is 46.7 Å². The summed E-state index contributed by atoms with van der Waals surface area (Å²) in [6, 6.07) is 4.75. The van der Waals surface area contributed by atoms with E-state index >= 15 is 0 Å². The highest BCUT2D eigenvalue weighted by molar-refractivity contribution is 6.36. The molecule has 1 saturated heterocycles. The van der Waals surface area contributed by atoms with Gasteiger partial charge in [-0.3, -0.25) is 14.4 Å². The van der Waals surface area contributed by atoms with Gasteiger partial charge in [-0.15, -0.1) is 0 Å². The molecule has 1 unspecified atom stereocenters. The first-order valence-electron chi connectivity index (χ1n) is 7.67. The van der Waals surface area contributed by atoms with E-state index in [4.69, 9.17) is 28.3 Å². The molecule has 1 aromatic carbocycles. The quantitative estimate of drug-likeness (QED) is 0.807. The molecule has 0 bridgehead atoms. The predicted octanol–water partition coefficient (Wildman–Crippen LogP) is 2.42. The molecule has 0 aromatic heterocycles. The molecule has 3 rings (SSSR count). The summed E-state index contributed by atoms with van der Waals surface area (Å²) in [5.41, 5.74) is 0.473. The Bertz CT molecular complexity index is 705. The zero-order valence-electron chi connectivity index (χ0n) is 12.7. The molecule has 1 aliphatic heterocycles. The molecular formula is C16H16Cl2N2O4. The summed E-state index contributed by atoms with van der Waals surface area (Å²) >= 11 is 12.1. The second-order valence-electron chi connectivity index (χ2n) is 6.02. The van der Waals surface area contributed by atoms with E-state index in [-0.39, 0.29) is 18.5 Å². The van der Waals surface area contributed by atoms with Crippen LogP contribution < -0.4 is 4.90 Å². The normalized spacial score (nSPS) is 20.3. The molecule has 24 heavy (non-hydrogen) atoms. The minimum absolute atomic E-state index is 0.0646. The molecule has 0 radical (unpaired) electrons. The number of aliphatic carboxylic acids is 1. The molecule has 128 valence electrons. The van der Waals surface area contributed by atoms with Gasteiger partial charge in [0.1, 0.15) is 12.5 Å². The van der Waals surface area contributed by atoms with E-state index in [1.54, 1.807) is 18.2 Å². The van der Waals surface area contributed by atoms with E-state index in [0.29, 0.717) is 28.7 Å². The van der Waals surface area contributed by atoms with Crippen LogP contribution in [0, 0.1) is 5.92 Å². The molecule has 2 amide bonds. The van der Waals surface area contributed by atoms with Gasteiger partial charge in [0.15, 0.2) is 0 Å². The standard InChI is InChI=1S/C16H16Cl2N2O4/c17-9-1-4-12(18)13(7-9)19-6-5-11(15(19)23)16(24)20(8-14(21)22)10-2-3-10/h1,4,7,10-11H,2-3,5-6,8H2,(H,21,22). The lowest BCUT2D eigenvalue weighted by molar-refractivity contribution is -0.148. The van der Waals surface area contributed by atoms with Crippen LogP contribution in [0.3, 0.4) is 0 Å². The lowest BCUT2D eigenvalue weighted by atomic mass is 10.1. The Morgan fingerprint density at radius 3 is 2.58 bits per heavy atom. The first kappa shape index (κ1) is 17.0. The number of hydrogen-bond acceptors (Lipinski definition) is 3. The molecule has 1 heterocycles. The Morgan fingerprint density at radius 1 is 1.25 bits per heavy atom. The summed E-state index contributed by atoms with van der Waals surface area (Å²) in [7, 11) is 0. The van der Waals surface area contributed by atoms with Gasteiger partial charge < -0.3 is 14.9 Å². The zero-order valence-corrected chi connectivity index (χ0v) is 14.3. The molecule has 8 heteroatoms. The van der Waals surface area contributed by atoms with Gasteiger partial charge in [-0.05, 0) is 37.5 Å². The Morgan fingerprint density at radius 2 is 1.96 bits per heavy atom. The van der Waals surface area contributed by atoms with Crippen LogP contribution in [-0.4, -0.2) is 46.9 Å². The maximum atomic E-state index is 12.7. The molecule has 1 aliphatic carbocycles. The molecule has 0 spiro atoms. The van der Waals surface area contributed by atoms with Crippen LogP contribution in [0.4, 0.5) is 5.69 Å². The van der Waals surface area contributed by atoms with Crippen LogP contribution in [0.1, 0.15) is 19.3 Å². The second kappa shape index (κ2) is 6.61. The van der Waals surface area contributed by atoms with E-state index in [0.717, 1.165) is 12.8 Å². The van der Waals surface area contributed by atoms with Crippen LogP contribution in [0.2, 0.25) is 10.0 Å². The number of anilines is 1. The van der Waals surface area contributed by atoms with Gasteiger partial charge in [0, 0.05) is 17.6 Å². The predicted molar refractivity (Wildman–Crippen MR) is 89.3 cm³/mol. The summed E-state index contributed by atoms with van der Waals surface area (Å²) < 4.78 is 0. The molecular weight excluding hydrogens is 355 g/mol. The summed E-state index contributed by atoms with van der Waals surface area (Å²) in [6.07, 6.45) is 1.90. The van der Waals surface area contributed by atoms with Crippen LogP contribution in [0.25, 0.3) is 0 Å². The van der Waals surface area contributed by atoms with Crippen molar-refractivity contribution in [3.05, 3.63) is 28.2 Å². The van der Waals surface area contributed by atoms with Crippen LogP contribution >= 0.6 is 23.2 Å². The summed E-state index contributed by atoms with van der Waals surface area (Å²) in [6.45, 7) is -0.0217. The molecule has 1 N–H and O–H groups in total. The van der Waals surface area contributed by atoms with Crippen molar-refractivity contribution in [3.63, 3.8) is 0 Å². The van der Waals surface area contributed by atoms with Crippen molar-refractivity contribution in [2.75, 3.05) is 18.0 Å². The van der Waals surface area contributed by atoms with Crippen molar-refractivity contribution in [2.45, 2.75) is 25.3 Å². The minimum Gasteiger partial charge on any atom is -0.480 e. The smallest absolute Gasteiger partial charge is 0.323 e. The van der Waals surface area contributed by atoms with Crippen molar-refractivity contribution < 1.29 is 19.5 Å². The second-order valence-corrected chi connectivity index (χ2v) is 6.86. The number of carboxylic acids is 1. The Hall–Kier alpha value is -1.79.